The highest BCUT2D eigenvalue weighted by Gasteiger charge is 2.36. The van der Waals surface area contributed by atoms with Crippen LogP contribution >= 0.6 is 24.8 Å². The van der Waals surface area contributed by atoms with E-state index in [1.165, 1.54) is 25.9 Å². The van der Waals surface area contributed by atoms with Crippen LogP contribution in [0.15, 0.2) is 0 Å². The monoisotopic (exact) mass is 297 g/mol. The van der Waals surface area contributed by atoms with Gasteiger partial charge in [0, 0.05) is 13.0 Å². The molecule has 3 aliphatic heterocycles. The van der Waals surface area contributed by atoms with Crippen molar-refractivity contribution < 1.29 is 9.53 Å². The fourth-order valence-corrected chi connectivity index (χ4v) is 2.79. The molecule has 108 valence electrons. The van der Waals surface area contributed by atoms with Crippen LogP contribution in [0.1, 0.15) is 45.4 Å². The molecule has 0 spiro atoms. The second-order valence-corrected chi connectivity index (χ2v) is 5.12. The molecular weight excluding hydrogens is 273 g/mol. The summed E-state index contributed by atoms with van der Waals surface area (Å²) in [5, 5.41) is 0. The van der Waals surface area contributed by atoms with Crippen LogP contribution in [0.5, 0.6) is 0 Å². The van der Waals surface area contributed by atoms with E-state index < -0.39 is 0 Å². The average Bonchev–Trinajstić information content (AvgIpc) is 2.31. The summed E-state index contributed by atoms with van der Waals surface area (Å²) >= 11 is 0. The minimum absolute atomic E-state index is 0. The maximum atomic E-state index is 11.6. The molecule has 3 heterocycles. The second-order valence-electron chi connectivity index (χ2n) is 5.12. The minimum atomic E-state index is 0. The third-order valence-electron chi connectivity index (χ3n) is 3.86. The largest absolute Gasteiger partial charge is 0.461 e. The normalized spacial score (nSPS) is 29.1. The topological polar surface area (TPSA) is 29.5 Å². The number of fused-ring (bicyclic) bond motifs is 3. The Morgan fingerprint density at radius 2 is 1.89 bits per heavy atom. The Balaban J connectivity index is 0.00000144. The van der Waals surface area contributed by atoms with Gasteiger partial charge in [-0.1, -0.05) is 19.8 Å². The van der Waals surface area contributed by atoms with Crippen molar-refractivity contribution in [3.8, 4) is 0 Å². The number of unbranched alkanes of at least 4 members (excludes halogenated alkanes) is 2. The summed E-state index contributed by atoms with van der Waals surface area (Å²) in [6, 6.07) is 0. The van der Waals surface area contributed by atoms with Crippen LogP contribution in [0.25, 0.3) is 0 Å². The Hall–Kier alpha value is 0.01000. The Labute approximate surface area is 122 Å². The highest BCUT2D eigenvalue weighted by atomic mass is 35.5. The van der Waals surface area contributed by atoms with Gasteiger partial charge in [0.05, 0.1) is 0 Å². The maximum absolute atomic E-state index is 11.6. The zero-order chi connectivity index (χ0) is 11.4. The lowest BCUT2D eigenvalue weighted by molar-refractivity contribution is -0.158. The van der Waals surface area contributed by atoms with E-state index in [4.69, 9.17) is 4.74 Å². The van der Waals surface area contributed by atoms with Crippen LogP contribution in [0.4, 0.5) is 0 Å². The molecule has 0 aromatic rings. The first-order valence-corrected chi connectivity index (χ1v) is 6.71. The molecule has 3 fully saturated rings. The number of carbonyl (C=O) groups excluding carboxylic acids is 1. The zero-order valence-corrected chi connectivity index (χ0v) is 12.7. The number of esters is 1. The molecule has 3 nitrogen and oxygen atoms in total. The lowest BCUT2D eigenvalue weighted by atomic mass is 9.86. The number of ether oxygens (including phenoxy) is 1. The van der Waals surface area contributed by atoms with Gasteiger partial charge in [0.1, 0.15) is 6.10 Å². The van der Waals surface area contributed by atoms with Crippen LogP contribution in [-0.2, 0) is 9.53 Å². The summed E-state index contributed by atoms with van der Waals surface area (Å²) in [5.41, 5.74) is 0. The summed E-state index contributed by atoms with van der Waals surface area (Å²) in [5.74, 6) is 0.660. The van der Waals surface area contributed by atoms with Crippen molar-refractivity contribution in [3.05, 3.63) is 0 Å². The van der Waals surface area contributed by atoms with Gasteiger partial charge in [-0.25, -0.2) is 0 Å². The fourth-order valence-electron chi connectivity index (χ4n) is 2.79. The van der Waals surface area contributed by atoms with Crippen LogP contribution in [-0.4, -0.2) is 36.6 Å². The molecule has 3 saturated heterocycles. The van der Waals surface area contributed by atoms with E-state index in [1.807, 2.05) is 0 Å². The lowest BCUT2D eigenvalue weighted by Crippen LogP contribution is -2.51. The highest BCUT2D eigenvalue weighted by Crippen LogP contribution is 2.29. The number of nitrogens with zero attached hydrogens (tertiary/aromatic N) is 1. The number of piperidine rings is 3. The Morgan fingerprint density at radius 1 is 1.22 bits per heavy atom. The Morgan fingerprint density at radius 3 is 2.39 bits per heavy atom. The van der Waals surface area contributed by atoms with E-state index >= 15 is 0 Å². The molecule has 2 bridgehead atoms. The van der Waals surface area contributed by atoms with Gasteiger partial charge >= 0.3 is 5.97 Å². The van der Waals surface area contributed by atoms with Crippen molar-refractivity contribution in [2.45, 2.75) is 51.6 Å². The van der Waals surface area contributed by atoms with Crippen molar-refractivity contribution in [1.29, 1.82) is 0 Å². The molecular formula is C13H25Cl2NO2. The average molecular weight is 298 g/mol. The molecule has 3 aliphatic rings. The second kappa shape index (κ2) is 9.00. The zero-order valence-electron chi connectivity index (χ0n) is 11.1. The van der Waals surface area contributed by atoms with E-state index in [-0.39, 0.29) is 36.9 Å². The summed E-state index contributed by atoms with van der Waals surface area (Å²) in [6.07, 6.45) is 6.51. The molecule has 18 heavy (non-hydrogen) atoms. The van der Waals surface area contributed by atoms with Gasteiger partial charge < -0.3 is 4.74 Å². The Bertz CT molecular complexity index is 243. The SMILES string of the molecule is CCCCCC(=O)O[C@H]1CN2CCC1CC2.Cl.Cl. The third-order valence-corrected chi connectivity index (χ3v) is 3.86. The maximum Gasteiger partial charge on any atom is 0.306 e. The lowest BCUT2D eigenvalue weighted by Gasteiger charge is -2.43. The summed E-state index contributed by atoms with van der Waals surface area (Å²) < 4.78 is 5.59. The van der Waals surface area contributed by atoms with Crippen LogP contribution in [0.3, 0.4) is 0 Å². The van der Waals surface area contributed by atoms with E-state index in [0.717, 1.165) is 25.8 Å². The van der Waals surface area contributed by atoms with Crippen molar-refractivity contribution in [3.63, 3.8) is 0 Å². The molecule has 0 aliphatic carbocycles. The third kappa shape index (κ3) is 4.94. The van der Waals surface area contributed by atoms with Gasteiger partial charge in [-0.2, -0.15) is 0 Å². The van der Waals surface area contributed by atoms with Crippen LogP contribution in [0.2, 0.25) is 0 Å². The number of carbonyl (C=O) groups is 1. The highest BCUT2D eigenvalue weighted by molar-refractivity contribution is 5.85. The quantitative estimate of drug-likeness (QED) is 0.577. The first kappa shape index (κ1) is 18.0. The van der Waals surface area contributed by atoms with Gasteiger partial charge in [0.2, 0.25) is 0 Å². The molecule has 0 radical (unpaired) electrons. The van der Waals surface area contributed by atoms with E-state index in [1.54, 1.807) is 0 Å². The molecule has 0 aromatic heterocycles. The summed E-state index contributed by atoms with van der Waals surface area (Å²) in [7, 11) is 0. The van der Waals surface area contributed by atoms with Gasteiger partial charge in [0.15, 0.2) is 0 Å². The smallest absolute Gasteiger partial charge is 0.306 e. The predicted molar refractivity (Wildman–Crippen MR) is 77.7 cm³/mol. The van der Waals surface area contributed by atoms with E-state index in [0.29, 0.717) is 12.3 Å². The molecule has 1 atom stereocenters. The molecule has 5 heteroatoms. The number of hydrogen-bond donors (Lipinski definition) is 0. The number of halogens is 2. The van der Waals surface area contributed by atoms with Crippen molar-refractivity contribution >= 4 is 30.8 Å². The molecule has 0 saturated carbocycles. The van der Waals surface area contributed by atoms with E-state index in [2.05, 4.69) is 11.8 Å². The van der Waals surface area contributed by atoms with Gasteiger partial charge in [-0.3, -0.25) is 9.69 Å². The van der Waals surface area contributed by atoms with Crippen molar-refractivity contribution in [2.24, 2.45) is 5.92 Å². The molecule has 0 unspecified atom stereocenters. The van der Waals surface area contributed by atoms with Gasteiger partial charge in [-0.15, -0.1) is 24.8 Å². The van der Waals surface area contributed by atoms with E-state index in [9.17, 15) is 4.79 Å². The molecule has 0 amide bonds. The van der Waals surface area contributed by atoms with Crippen molar-refractivity contribution in [2.75, 3.05) is 19.6 Å². The summed E-state index contributed by atoms with van der Waals surface area (Å²) in [4.78, 5) is 14.0. The number of hydrogen-bond acceptors (Lipinski definition) is 3. The molecule has 3 rings (SSSR count). The van der Waals surface area contributed by atoms with Gasteiger partial charge in [0.25, 0.3) is 0 Å². The minimum Gasteiger partial charge on any atom is -0.461 e. The number of rotatable bonds is 5. The predicted octanol–water partition coefficient (Wildman–Crippen LogP) is 3.05. The Kier molecular flexibility index (Phi) is 9.01. The molecule has 0 N–H and O–H groups in total. The van der Waals surface area contributed by atoms with Crippen molar-refractivity contribution in [1.82, 2.24) is 4.90 Å². The van der Waals surface area contributed by atoms with Crippen LogP contribution < -0.4 is 0 Å². The standard InChI is InChI=1S/C13H23NO2.2ClH/c1-2-3-4-5-13(15)16-12-10-14-8-6-11(12)7-9-14;;/h11-12H,2-10H2,1H3;2*1H/t12-;;/m0../s1. The first-order valence-electron chi connectivity index (χ1n) is 6.71. The summed E-state index contributed by atoms with van der Waals surface area (Å²) in [6.45, 7) is 5.53. The van der Waals surface area contributed by atoms with Crippen LogP contribution in [0, 0.1) is 5.92 Å². The fraction of sp³-hybridized carbons (Fsp3) is 0.923. The first-order chi connectivity index (χ1) is 7.79. The molecule has 0 aromatic carbocycles. The van der Waals surface area contributed by atoms with Gasteiger partial charge in [-0.05, 0) is 38.3 Å².